The predicted octanol–water partition coefficient (Wildman–Crippen LogP) is 4.74. The van der Waals surface area contributed by atoms with E-state index >= 15 is 0 Å². The van der Waals surface area contributed by atoms with Gasteiger partial charge in [-0.3, -0.25) is 0 Å². The molecule has 3 aromatic rings. The van der Waals surface area contributed by atoms with Crippen LogP contribution >= 0.6 is 0 Å². The number of carbonyl (C=O) groups excluding carboxylic acids is 1. The lowest BCUT2D eigenvalue weighted by Crippen LogP contribution is -2.12. The molecule has 5 nitrogen and oxygen atoms in total. The van der Waals surface area contributed by atoms with Crippen molar-refractivity contribution in [3.8, 4) is 22.8 Å². The van der Waals surface area contributed by atoms with Crippen molar-refractivity contribution in [2.45, 2.75) is 12.6 Å². The lowest BCUT2D eigenvalue weighted by Gasteiger charge is -2.12. The van der Waals surface area contributed by atoms with Gasteiger partial charge in [-0.25, -0.2) is 4.79 Å². The SMILES string of the molecule is COC(=O)c1ccc2[nH]c(-c3ccc(OC)c(OC)c3)c(CC(F)(F)F)c2c1. The van der Waals surface area contributed by atoms with Crippen LogP contribution in [0.25, 0.3) is 22.2 Å². The number of benzene rings is 2. The van der Waals surface area contributed by atoms with Crippen molar-refractivity contribution < 1.29 is 32.2 Å². The van der Waals surface area contributed by atoms with Crippen LogP contribution in [0.1, 0.15) is 15.9 Å². The van der Waals surface area contributed by atoms with Crippen LogP contribution in [0.4, 0.5) is 13.2 Å². The van der Waals surface area contributed by atoms with E-state index in [-0.39, 0.29) is 11.1 Å². The quantitative estimate of drug-likeness (QED) is 0.636. The number of nitrogens with one attached hydrogen (secondary N) is 1. The molecule has 0 fully saturated rings. The zero-order valence-corrected chi connectivity index (χ0v) is 15.4. The van der Waals surface area contributed by atoms with E-state index in [4.69, 9.17) is 9.47 Å². The van der Waals surface area contributed by atoms with E-state index in [0.717, 1.165) is 0 Å². The van der Waals surface area contributed by atoms with E-state index in [9.17, 15) is 18.0 Å². The first-order valence-electron chi connectivity index (χ1n) is 8.29. The lowest BCUT2D eigenvalue weighted by molar-refractivity contribution is -0.126. The molecule has 0 unspecified atom stereocenters. The van der Waals surface area contributed by atoms with E-state index in [1.54, 1.807) is 24.3 Å². The Labute approximate surface area is 159 Å². The normalized spacial score (nSPS) is 11.5. The minimum absolute atomic E-state index is 0.0421. The van der Waals surface area contributed by atoms with Crippen molar-refractivity contribution in [3.05, 3.63) is 47.5 Å². The van der Waals surface area contributed by atoms with Crippen LogP contribution in [0.15, 0.2) is 36.4 Å². The summed E-state index contributed by atoms with van der Waals surface area (Å²) in [5, 5.41) is 0.310. The number of carbonyl (C=O) groups is 1. The minimum Gasteiger partial charge on any atom is -0.493 e. The summed E-state index contributed by atoms with van der Waals surface area (Å²) >= 11 is 0. The Balaban J connectivity index is 2.24. The molecule has 0 aliphatic heterocycles. The zero-order chi connectivity index (χ0) is 20.5. The fourth-order valence-electron chi connectivity index (χ4n) is 3.11. The Morgan fingerprint density at radius 3 is 2.32 bits per heavy atom. The number of aromatic nitrogens is 1. The van der Waals surface area contributed by atoms with Crippen LogP contribution in [-0.2, 0) is 11.2 Å². The Morgan fingerprint density at radius 2 is 1.71 bits per heavy atom. The van der Waals surface area contributed by atoms with E-state index in [1.807, 2.05) is 0 Å². The molecular weight excluding hydrogens is 375 g/mol. The second-order valence-electron chi connectivity index (χ2n) is 6.09. The third-order valence-corrected chi connectivity index (χ3v) is 4.38. The first kappa shape index (κ1) is 19.6. The second-order valence-corrected chi connectivity index (χ2v) is 6.09. The van der Waals surface area contributed by atoms with Crippen molar-refractivity contribution in [1.82, 2.24) is 4.98 Å². The molecule has 0 saturated heterocycles. The van der Waals surface area contributed by atoms with Crippen LogP contribution in [0, 0.1) is 0 Å². The van der Waals surface area contributed by atoms with Crippen molar-refractivity contribution >= 4 is 16.9 Å². The molecule has 28 heavy (non-hydrogen) atoms. The molecule has 8 heteroatoms. The van der Waals surface area contributed by atoms with Crippen LogP contribution in [-0.4, -0.2) is 38.5 Å². The molecule has 1 aromatic heterocycles. The number of halogens is 3. The van der Waals surface area contributed by atoms with Gasteiger partial charge in [-0.15, -0.1) is 0 Å². The molecule has 3 rings (SSSR count). The zero-order valence-electron chi connectivity index (χ0n) is 15.4. The Bertz CT molecular complexity index is 1020. The summed E-state index contributed by atoms with van der Waals surface area (Å²) in [6, 6.07) is 9.34. The molecule has 0 atom stereocenters. The van der Waals surface area contributed by atoms with Crippen molar-refractivity contribution in [2.24, 2.45) is 0 Å². The number of esters is 1. The highest BCUT2D eigenvalue weighted by atomic mass is 19.4. The molecule has 1 N–H and O–H groups in total. The third kappa shape index (κ3) is 3.76. The monoisotopic (exact) mass is 393 g/mol. The van der Waals surface area contributed by atoms with Crippen molar-refractivity contribution in [1.29, 1.82) is 0 Å². The Hall–Kier alpha value is -3.16. The maximum Gasteiger partial charge on any atom is 0.393 e. The average Bonchev–Trinajstić information content (AvgIpc) is 3.02. The molecule has 0 bridgehead atoms. The predicted molar refractivity (Wildman–Crippen MR) is 97.9 cm³/mol. The topological polar surface area (TPSA) is 60.6 Å². The summed E-state index contributed by atoms with van der Waals surface area (Å²) in [6.07, 6.45) is -5.58. The molecule has 1 heterocycles. The first-order chi connectivity index (χ1) is 13.3. The smallest absolute Gasteiger partial charge is 0.393 e. The van der Waals surface area contributed by atoms with Gasteiger partial charge >= 0.3 is 12.1 Å². The van der Waals surface area contributed by atoms with Gasteiger partial charge in [-0.1, -0.05) is 0 Å². The Morgan fingerprint density at radius 1 is 1.00 bits per heavy atom. The molecule has 0 aliphatic carbocycles. The summed E-state index contributed by atoms with van der Waals surface area (Å²) in [5.74, 6) is 0.244. The number of ether oxygens (including phenoxy) is 3. The van der Waals surface area contributed by atoms with E-state index in [1.165, 1.54) is 33.5 Å². The molecule has 0 aliphatic rings. The van der Waals surface area contributed by atoms with Crippen molar-refractivity contribution in [2.75, 3.05) is 21.3 Å². The maximum absolute atomic E-state index is 13.3. The third-order valence-electron chi connectivity index (χ3n) is 4.38. The molecule has 2 aromatic carbocycles. The van der Waals surface area contributed by atoms with Crippen molar-refractivity contribution in [3.63, 3.8) is 0 Å². The van der Waals surface area contributed by atoms with Gasteiger partial charge < -0.3 is 19.2 Å². The molecule has 0 saturated carbocycles. The highest BCUT2D eigenvalue weighted by Gasteiger charge is 2.31. The number of hydrogen-bond acceptors (Lipinski definition) is 4. The largest absolute Gasteiger partial charge is 0.493 e. The summed E-state index contributed by atoms with van der Waals surface area (Å²) in [5.41, 5.74) is 1.51. The van der Waals surface area contributed by atoms with Crippen LogP contribution in [0.5, 0.6) is 11.5 Å². The summed E-state index contributed by atoms with van der Waals surface area (Å²) in [7, 11) is 4.14. The number of aromatic amines is 1. The number of methoxy groups -OCH3 is 3. The Kier molecular flexibility index (Phi) is 5.22. The number of hydrogen-bond donors (Lipinski definition) is 1. The standard InChI is InChI=1S/C20H18F3NO4/c1-26-16-7-5-11(9-17(16)27-2)18-14(10-20(21,22)23)13-8-12(19(25)28-3)4-6-15(13)24-18/h4-9,24H,10H2,1-3H3. The molecule has 0 spiro atoms. The number of alkyl halides is 3. The summed E-state index contributed by atoms with van der Waals surface area (Å²) < 4.78 is 55.0. The van der Waals surface area contributed by atoms with Gasteiger partial charge in [0.1, 0.15) is 0 Å². The van der Waals surface area contributed by atoms with Gasteiger partial charge in [-0.05, 0) is 42.0 Å². The number of fused-ring (bicyclic) bond motifs is 1. The summed E-state index contributed by atoms with van der Waals surface area (Å²) in [4.78, 5) is 14.8. The fourth-order valence-corrected chi connectivity index (χ4v) is 3.11. The molecule has 0 radical (unpaired) electrons. The van der Waals surface area contributed by atoms with Crippen LogP contribution in [0.2, 0.25) is 0 Å². The van der Waals surface area contributed by atoms with Gasteiger partial charge in [0, 0.05) is 16.5 Å². The minimum atomic E-state index is -4.43. The fraction of sp³-hybridized carbons (Fsp3) is 0.250. The molecule has 148 valence electrons. The highest BCUT2D eigenvalue weighted by Crippen LogP contribution is 2.38. The van der Waals surface area contributed by atoms with Gasteiger partial charge in [-0.2, -0.15) is 13.2 Å². The number of rotatable bonds is 5. The molecular formula is C20H18F3NO4. The van der Waals surface area contributed by atoms with Gasteiger partial charge in [0.15, 0.2) is 11.5 Å². The summed E-state index contributed by atoms with van der Waals surface area (Å²) in [6.45, 7) is 0. The maximum atomic E-state index is 13.3. The van der Waals surface area contributed by atoms with Crippen LogP contribution < -0.4 is 9.47 Å². The first-order valence-corrected chi connectivity index (χ1v) is 8.29. The van der Waals surface area contributed by atoms with Gasteiger partial charge in [0.25, 0.3) is 0 Å². The lowest BCUT2D eigenvalue weighted by atomic mass is 10.0. The van der Waals surface area contributed by atoms with Gasteiger partial charge in [0.05, 0.1) is 39.0 Å². The van der Waals surface area contributed by atoms with E-state index in [0.29, 0.717) is 33.7 Å². The molecule has 0 amide bonds. The van der Waals surface area contributed by atoms with Crippen LogP contribution in [0.3, 0.4) is 0 Å². The highest BCUT2D eigenvalue weighted by molar-refractivity contribution is 5.98. The second kappa shape index (κ2) is 7.46. The van der Waals surface area contributed by atoms with E-state index < -0.39 is 18.6 Å². The van der Waals surface area contributed by atoms with Gasteiger partial charge in [0.2, 0.25) is 0 Å². The number of H-pyrrole nitrogens is 1. The average molecular weight is 393 g/mol. The van der Waals surface area contributed by atoms with E-state index in [2.05, 4.69) is 9.72 Å².